The second kappa shape index (κ2) is 5.02. The average molecular weight is 179 g/mol. The summed E-state index contributed by atoms with van der Waals surface area (Å²) in [5.74, 6) is 0. The van der Waals surface area contributed by atoms with Gasteiger partial charge >= 0.3 is 7.12 Å². The third kappa shape index (κ3) is 3.18. The molecule has 4 heteroatoms. The van der Waals surface area contributed by atoms with Crippen LogP contribution < -0.4 is 10.8 Å². The van der Waals surface area contributed by atoms with E-state index in [0.717, 1.165) is 13.0 Å². The van der Waals surface area contributed by atoms with E-state index in [-0.39, 0.29) is 0 Å². The van der Waals surface area contributed by atoms with Gasteiger partial charge in [-0.1, -0.05) is 24.3 Å². The molecule has 3 nitrogen and oxygen atoms in total. The molecule has 1 aromatic rings. The number of likely N-dealkylation sites (N-methyl/N-ethyl adjacent to an activating group) is 1. The van der Waals surface area contributed by atoms with Crippen LogP contribution in [-0.2, 0) is 6.42 Å². The summed E-state index contributed by atoms with van der Waals surface area (Å²) in [6.45, 7) is 0.932. The molecular formula is C9H14BNO2. The molecule has 0 bridgehead atoms. The third-order valence-electron chi connectivity index (χ3n) is 1.94. The predicted molar refractivity (Wildman–Crippen MR) is 53.9 cm³/mol. The zero-order chi connectivity index (χ0) is 9.68. The molecule has 0 aromatic heterocycles. The molecule has 70 valence electrons. The van der Waals surface area contributed by atoms with E-state index in [0.29, 0.717) is 5.46 Å². The van der Waals surface area contributed by atoms with E-state index in [9.17, 15) is 0 Å². The van der Waals surface area contributed by atoms with Gasteiger partial charge in [0.2, 0.25) is 0 Å². The summed E-state index contributed by atoms with van der Waals surface area (Å²) in [5, 5.41) is 20.7. The van der Waals surface area contributed by atoms with E-state index in [1.165, 1.54) is 5.56 Å². The molecule has 0 saturated carbocycles. The summed E-state index contributed by atoms with van der Waals surface area (Å²) < 4.78 is 0. The lowest BCUT2D eigenvalue weighted by molar-refractivity contribution is 0.426. The van der Waals surface area contributed by atoms with Crippen molar-refractivity contribution in [3.8, 4) is 0 Å². The van der Waals surface area contributed by atoms with Crippen LogP contribution in [0.5, 0.6) is 0 Å². The standard InChI is InChI=1S/C9H14BNO2/c1-11-7-6-8-2-4-9(5-3-8)10(12)13/h2-5,11-13H,6-7H2,1H3. The van der Waals surface area contributed by atoms with Gasteiger partial charge in [-0.15, -0.1) is 0 Å². The zero-order valence-electron chi connectivity index (χ0n) is 7.70. The Morgan fingerprint density at radius 2 is 1.85 bits per heavy atom. The largest absolute Gasteiger partial charge is 0.488 e. The third-order valence-corrected chi connectivity index (χ3v) is 1.94. The van der Waals surface area contributed by atoms with Gasteiger partial charge in [0.15, 0.2) is 0 Å². The van der Waals surface area contributed by atoms with Crippen molar-refractivity contribution in [3.63, 3.8) is 0 Å². The smallest absolute Gasteiger partial charge is 0.423 e. The molecule has 0 radical (unpaired) electrons. The average Bonchev–Trinajstić information content (AvgIpc) is 2.15. The summed E-state index contributed by atoms with van der Waals surface area (Å²) in [4.78, 5) is 0. The monoisotopic (exact) mass is 179 g/mol. The van der Waals surface area contributed by atoms with Crippen LogP contribution in [0, 0.1) is 0 Å². The van der Waals surface area contributed by atoms with E-state index >= 15 is 0 Å². The van der Waals surface area contributed by atoms with E-state index in [4.69, 9.17) is 10.0 Å². The first-order valence-corrected chi connectivity index (χ1v) is 4.33. The maximum atomic E-state index is 8.83. The SMILES string of the molecule is CNCCc1ccc(B(O)O)cc1. The summed E-state index contributed by atoms with van der Waals surface area (Å²) in [6, 6.07) is 7.28. The molecule has 0 aliphatic heterocycles. The van der Waals surface area contributed by atoms with Gasteiger partial charge in [0, 0.05) is 0 Å². The normalized spacial score (nSPS) is 10.1. The Labute approximate surface area is 78.6 Å². The van der Waals surface area contributed by atoms with Crippen LogP contribution in [0.25, 0.3) is 0 Å². The Balaban J connectivity index is 2.59. The van der Waals surface area contributed by atoms with Crippen LogP contribution in [0.15, 0.2) is 24.3 Å². The number of hydrogen-bond acceptors (Lipinski definition) is 3. The van der Waals surface area contributed by atoms with E-state index in [1.807, 2.05) is 19.2 Å². The van der Waals surface area contributed by atoms with Gasteiger partial charge in [-0.25, -0.2) is 0 Å². The van der Waals surface area contributed by atoms with E-state index in [2.05, 4.69) is 5.32 Å². The molecule has 0 atom stereocenters. The van der Waals surface area contributed by atoms with E-state index in [1.54, 1.807) is 12.1 Å². The first-order valence-electron chi connectivity index (χ1n) is 4.33. The first kappa shape index (κ1) is 10.2. The van der Waals surface area contributed by atoms with Crippen LogP contribution in [-0.4, -0.2) is 30.8 Å². The summed E-state index contributed by atoms with van der Waals surface area (Å²) in [6.07, 6.45) is 0.957. The van der Waals surface area contributed by atoms with Gasteiger partial charge < -0.3 is 15.4 Å². The molecule has 0 spiro atoms. The molecule has 13 heavy (non-hydrogen) atoms. The number of rotatable bonds is 4. The highest BCUT2D eigenvalue weighted by atomic mass is 16.4. The highest BCUT2D eigenvalue weighted by Crippen LogP contribution is 1.97. The van der Waals surface area contributed by atoms with Crippen molar-refractivity contribution in [1.82, 2.24) is 5.32 Å². The molecule has 0 amide bonds. The molecule has 0 aliphatic rings. The Kier molecular flexibility index (Phi) is 3.95. The zero-order valence-corrected chi connectivity index (χ0v) is 7.70. The lowest BCUT2D eigenvalue weighted by Crippen LogP contribution is -2.29. The minimum absolute atomic E-state index is 0.535. The highest BCUT2D eigenvalue weighted by molar-refractivity contribution is 6.58. The lowest BCUT2D eigenvalue weighted by atomic mass is 9.80. The molecule has 0 heterocycles. The fraction of sp³-hybridized carbons (Fsp3) is 0.333. The predicted octanol–water partition coefficient (Wildman–Crippen LogP) is -0.872. The molecule has 0 aliphatic carbocycles. The van der Waals surface area contributed by atoms with Crippen molar-refractivity contribution < 1.29 is 10.0 Å². The fourth-order valence-corrected chi connectivity index (χ4v) is 1.13. The summed E-state index contributed by atoms with van der Waals surface area (Å²) in [5.41, 5.74) is 1.73. The lowest BCUT2D eigenvalue weighted by Gasteiger charge is -2.02. The molecule has 3 N–H and O–H groups in total. The van der Waals surface area contributed by atoms with Gasteiger partial charge in [-0.2, -0.15) is 0 Å². The molecular weight excluding hydrogens is 165 g/mol. The van der Waals surface area contributed by atoms with Crippen molar-refractivity contribution in [2.75, 3.05) is 13.6 Å². The first-order chi connectivity index (χ1) is 6.24. The minimum Gasteiger partial charge on any atom is -0.423 e. The van der Waals surface area contributed by atoms with Crippen molar-refractivity contribution in [3.05, 3.63) is 29.8 Å². The van der Waals surface area contributed by atoms with Crippen molar-refractivity contribution in [1.29, 1.82) is 0 Å². The number of hydrogen-bond donors (Lipinski definition) is 3. The van der Waals surface area contributed by atoms with Gasteiger partial charge in [0.05, 0.1) is 0 Å². The Morgan fingerprint density at radius 1 is 1.23 bits per heavy atom. The van der Waals surface area contributed by atoms with Crippen molar-refractivity contribution in [2.24, 2.45) is 0 Å². The molecule has 0 unspecified atom stereocenters. The molecule has 0 saturated heterocycles. The Bertz CT molecular complexity index is 248. The summed E-state index contributed by atoms with van der Waals surface area (Å²) >= 11 is 0. The molecule has 0 fully saturated rings. The second-order valence-corrected chi connectivity index (χ2v) is 2.97. The summed E-state index contributed by atoms with van der Waals surface area (Å²) in [7, 11) is 0.546. The number of nitrogens with one attached hydrogen (secondary N) is 1. The van der Waals surface area contributed by atoms with Gasteiger partial charge in [0.25, 0.3) is 0 Å². The van der Waals surface area contributed by atoms with Crippen LogP contribution in [0.3, 0.4) is 0 Å². The Hall–Kier alpha value is -0.835. The van der Waals surface area contributed by atoms with Gasteiger partial charge in [-0.05, 0) is 31.0 Å². The van der Waals surface area contributed by atoms with Crippen LogP contribution in [0.2, 0.25) is 0 Å². The maximum absolute atomic E-state index is 8.83. The van der Waals surface area contributed by atoms with Crippen LogP contribution in [0.1, 0.15) is 5.56 Å². The Morgan fingerprint density at radius 3 is 2.31 bits per heavy atom. The topological polar surface area (TPSA) is 52.5 Å². The van der Waals surface area contributed by atoms with E-state index < -0.39 is 7.12 Å². The van der Waals surface area contributed by atoms with Crippen molar-refractivity contribution >= 4 is 12.6 Å². The fourth-order valence-electron chi connectivity index (χ4n) is 1.13. The molecule has 1 rings (SSSR count). The minimum atomic E-state index is -1.36. The quantitative estimate of drug-likeness (QED) is 0.526. The molecule has 1 aromatic carbocycles. The van der Waals surface area contributed by atoms with Gasteiger partial charge in [-0.3, -0.25) is 0 Å². The second-order valence-electron chi connectivity index (χ2n) is 2.97. The van der Waals surface area contributed by atoms with Crippen LogP contribution >= 0.6 is 0 Å². The highest BCUT2D eigenvalue weighted by Gasteiger charge is 2.09. The van der Waals surface area contributed by atoms with Crippen molar-refractivity contribution in [2.45, 2.75) is 6.42 Å². The van der Waals surface area contributed by atoms with Crippen LogP contribution in [0.4, 0.5) is 0 Å². The van der Waals surface area contributed by atoms with Gasteiger partial charge in [0.1, 0.15) is 0 Å². The maximum Gasteiger partial charge on any atom is 0.488 e. The number of benzene rings is 1.